The molecule has 0 saturated heterocycles. The van der Waals surface area contributed by atoms with Crippen LogP contribution >= 0.6 is 11.3 Å². The number of thiophene rings is 1. The standard InChI is InChI=1S/C23H29NO5S/c1-3-12(2)29-23(28)19-15-6-4-5-7-16(15)30-21(19)24-20(25)17-13-8-10-14(11-9-13)18(17)22(26)27/h8,10,12-14,17-18H,3-7,9,11H2,1-2H3,(H,24,25)(H,26,27)/t12-,13-,14-,17+,18-/m0/s1. The first-order chi connectivity index (χ1) is 14.4. The van der Waals surface area contributed by atoms with E-state index in [-0.39, 0.29) is 29.8 Å². The molecule has 1 saturated carbocycles. The lowest BCUT2D eigenvalue weighted by Gasteiger charge is -2.41. The Hall–Kier alpha value is -2.15. The zero-order chi connectivity index (χ0) is 21.4. The lowest BCUT2D eigenvalue weighted by atomic mass is 9.62. The summed E-state index contributed by atoms with van der Waals surface area (Å²) in [6.07, 6.45) is 9.89. The summed E-state index contributed by atoms with van der Waals surface area (Å²) in [5.74, 6) is -3.09. The van der Waals surface area contributed by atoms with Crippen LogP contribution in [0, 0.1) is 23.7 Å². The fraction of sp³-hybridized carbons (Fsp3) is 0.609. The Morgan fingerprint density at radius 1 is 1.17 bits per heavy atom. The fourth-order valence-electron chi connectivity index (χ4n) is 5.08. The van der Waals surface area contributed by atoms with Crippen LogP contribution in [0.1, 0.15) is 66.8 Å². The fourth-order valence-corrected chi connectivity index (χ4v) is 6.36. The van der Waals surface area contributed by atoms with Gasteiger partial charge in [-0.3, -0.25) is 9.59 Å². The number of carboxylic acid groups (broad SMARTS) is 1. The summed E-state index contributed by atoms with van der Waals surface area (Å²) in [6.45, 7) is 3.82. The molecule has 0 aromatic carbocycles. The van der Waals surface area contributed by atoms with E-state index in [0.29, 0.717) is 10.6 Å². The summed E-state index contributed by atoms with van der Waals surface area (Å²) < 4.78 is 5.60. The minimum Gasteiger partial charge on any atom is -0.481 e. The number of hydrogen-bond acceptors (Lipinski definition) is 5. The molecule has 7 heteroatoms. The van der Waals surface area contributed by atoms with Gasteiger partial charge in [-0.25, -0.2) is 4.79 Å². The second-order valence-corrected chi connectivity index (χ2v) is 9.81. The highest BCUT2D eigenvalue weighted by molar-refractivity contribution is 7.17. The number of aryl methyl sites for hydroxylation is 1. The first kappa shape index (κ1) is 21.1. The molecule has 1 aromatic heterocycles. The molecule has 1 amide bonds. The second kappa shape index (κ2) is 8.53. The molecule has 2 N–H and O–H groups in total. The molecule has 1 aromatic rings. The smallest absolute Gasteiger partial charge is 0.341 e. The van der Waals surface area contributed by atoms with Crippen LogP contribution in [0.4, 0.5) is 5.00 Å². The predicted molar refractivity (Wildman–Crippen MR) is 115 cm³/mol. The molecule has 6 nitrogen and oxygen atoms in total. The molecule has 0 spiro atoms. The predicted octanol–water partition coefficient (Wildman–Crippen LogP) is 4.43. The summed E-state index contributed by atoms with van der Waals surface area (Å²) in [5.41, 5.74) is 1.47. The summed E-state index contributed by atoms with van der Waals surface area (Å²) in [6, 6.07) is 0. The van der Waals surface area contributed by atoms with Crippen molar-refractivity contribution in [1.29, 1.82) is 0 Å². The Labute approximate surface area is 180 Å². The van der Waals surface area contributed by atoms with E-state index in [4.69, 9.17) is 4.74 Å². The molecule has 2 bridgehead atoms. The zero-order valence-corrected chi connectivity index (χ0v) is 18.3. The number of carbonyl (C=O) groups excluding carboxylic acids is 2. The average molecular weight is 432 g/mol. The quantitative estimate of drug-likeness (QED) is 0.513. The third kappa shape index (κ3) is 3.80. The Kier molecular flexibility index (Phi) is 6.00. The van der Waals surface area contributed by atoms with E-state index in [1.165, 1.54) is 11.3 Å². The van der Waals surface area contributed by atoms with Crippen molar-refractivity contribution in [1.82, 2.24) is 0 Å². The number of ether oxygens (including phenoxy) is 1. The van der Waals surface area contributed by atoms with Gasteiger partial charge in [0.25, 0.3) is 0 Å². The summed E-state index contributed by atoms with van der Waals surface area (Å²) in [7, 11) is 0. The molecule has 30 heavy (non-hydrogen) atoms. The van der Waals surface area contributed by atoms with Gasteiger partial charge in [0.05, 0.1) is 23.5 Å². The first-order valence-corrected chi connectivity index (χ1v) is 11.8. The number of aliphatic carboxylic acids is 1. The SMILES string of the molecule is CC[C@H](C)OC(=O)c1c(NC(=O)[C@H]2[C@@H](C(=O)O)[C@H]3C=C[C@H]2CC3)sc2c1CCCC2. The van der Waals surface area contributed by atoms with E-state index in [0.717, 1.165) is 55.4 Å². The van der Waals surface area contributed by atoms with E-state index in [1.54, 1.807) is 0 Å². The van der Waals surface area contributed by atoms with Crippen molar-refractivity contribution >= 4 is 34.2 Å². The largest absolute Gasteiger partial charge is 0.481 e. The first-order valence-electron chi connectivity index (χ1n) is 11.0. The van der Waals surface area contributed by atoms with Gasteiger partial charge in [-0.2, -0.15) is 0 Å². The molecule has 1 heterocycles. The Morgan fingerprint density at radius 2 is 1.83 bits per heavy atom. The number of anilines is 1. The molecule has 0 unspecified atom stereocenters. The van der Waals surface area contributed by atoms with E-state index < -0.39 is 17.8 Å². The van der Waals surface area contributed by atoms with Gasteiger partial charge in [-0.1, -0.05) is 19.1 Å². The maximum Gasteiger partial charge on any atom is 0.341 e. The number of allylic oxidation sites excluding steroid dienone is 2. The number of nitrogens with one attached hydrogen (secondary N) is 1. The zero-order valence-electron chi connectivity index (χ0n) is 17.5. The highest BCUT2D eigenvalue weighted by Crippen LogP contribution is 2.46. The van der Waals surface area contributed by atoms with Crippen molar-refractivity contribution in [3.63, 3.8) is 0 Å². The number of amides is 1. The number of fused-ring (bicyclic) bond motifs is 3. The summed E-state index contributed by atoms with van der Waals surface area (Å²) in [4.78, 5) is 39.3. The van der Waals surface area contributed by atoms with Gasteiger partial charge in [-0.05, 0) is 69.3 Å². The molecule has 0 aliphatic heterocycles. The molecular weight excluding hydrogens is 402 g/mol. The van der Waals surface area contributed by atoms with Gasteiger partial charge in [-0.15, -0.1) is 11.3 Å². The van der Waals surface area contributed by atoms with E-state index in [9.17, 15) is 19.5 Å². The van der Waals surface area contributed by atoms with Gasteiger partial charge in [0.15, 0.2) is 0 Å². The van der Waals surface area contributed by atoms with Crippen molar-refractivity contribution < 1.29 is 24.2 Å². The number of rotatable bonds is 6. The van der Waals surface area contributed by atoms with Crippen LogP contribution in [0.5, 0.6) is 0 Å². The average Bonchev–Trinajstić information content (AvgIpc) is 3.11. The van der Waals surface area contributed by atoms with Crippen molar-refractivity contribution in [2.45, 2.75) is 64.9 Å². The van der Waals surface area contributed by atoms with Crippen LogP contribution in [0.3, 0.4) is 0 Å². The highest BCUT2D eigenvalue weighted by atomic mass is 32.1. The summed E-state index contributed by atoms with van der Waals surface area (Å²) in [5, 5.41) is 13.2. The van der Waals surface area contributed by atoms with Crippen LogP contribution in [-0.2, 0) is 27.2 Å². The third-order valence-electron chi connectivity index (χ3n) is 6.83. The van der Waals surface area contributed by atoms with E-state index >= 15 is 0 Å². The minimum absolute atomic E-state index is 0.0683. The molecule has 4 aliphatic carbocycles. The van der Waals surface area contributed by atoms with Crippen LogP contribution in [0.25, 0.3) is 0 Å². The van der Waals surface area contributed by atoms with Gasteiger partial charge in [0, 0.05) is 4.88 Å². The number of esters is 1. The second-order valence-electron chi connectivity index (χ2n) is 8.71. The van der Waals surface area contributed by atoms with Crippen LogP contribution < -0.4 is 5.32 Å². The molecule has 5 atom stereocenters. The van der Waals surface area contributed by atoms with Gasteiger partial charge >= 0.3 is 11.9 Å². The van der Waals surface area contributed by atoms with Gasteiger partial charge < -0.3 is 15.2 Å². The molecular formula is C23H29NO5S. The summed E-state index contributed by atoms with van der Waals surface area (Å²) >= 11 is 1.45. The monoisotopic (exact) mass is 431 g/mol. The van der Waals surface area contributed by atoms with Crippen LogP contribution in [0.15, 0.2) is 12.2 Å². The molecule has 5 rings (SSSR count). The highest BCUT2D eigenvalue weighted by Gasteiger charge is 2.48. The Bertz CT molecular complexity index is 888. The molecule has 162 valence electrons. The molecule has 0 radical (unpaired) electrons. The van der Waals surface area contributed by atoms with Gasteiger partial charge in [0.1, 0.15) is 5.00 Å². The van der Waals surface area contributed by atoms with Crippen molar-refractivity contribution in [3.05, 3.63) is 28.2 Å². The van der Waals surface area contributed by atoms with Gasteiger partial charge in [0.2, 0.25) is 5.91 Å². The Balaban J connectivity index is 1.63. The van der Waals surface area contributed by atoms with Crippen LogP contribution in [-0.4, -0.2) is 29.1 Å². The topological polar surface area (TPSA) is 92.7 Å². The Morgan fingerprint density at radius 3 is 2.47 bits per heavy atom. The maximum absolute atomic E-state index is 13.3. The number of carboxylic acids is 1. The molecule has 4 aliphatic rings. The number of carbonyl (C=O) groups is 3. The van der Waals surface area contributed by atoms with Crippen molar-refractivity contribution in [2.75, 3.05) is 5.32 Å². The maximum atomic E-state index is 13.3. The normalized spacial score (nSPS) is 27.9. The van der Waals surface area contributed by atoms with Crippen LogP contribution in [0.2, 0.25) is 0 Å². The third-order valence-corrected chi connectivity index (χ3v) is 8.04. The number of hydrogen-bond donors (Lipinski definition) is 2. The minimum atomic E-state index is -0.920. The van der Waals surface area contributed by atoms with Crippen molar-refractivity contribution in [3.8, 4) is 0 Å². The lowest BCUT2D eigenvalue weighted by Crippen LogP contribution is -2.47. The molecule has 1 fully saturated rings. The van der Waals surface area contributed by atoms with E-state index in [2.05, 4.69) is 5.32 Å². The lowest BCUT2D eigenvalue weighted by molar-refractivity contribution is -0.151. The van der Waals surface area contributed by atoms with Crippen molar-refractivity contribution in [2.24, 2.45) is 23.7 Å². The van der Waals surface area contributed by atoms with E-state index in [1.807, 2.05) is 26.0 Å².